The summed E-state index contributed by atoms with van der Waals surface area (Å²) in [6.07, 6.45) is -4.36. The zero-order valence-electron chi connectivity index (χ0n) is 13.8. The third kappa shape index (κ3) is 4.85. The number of anilines is 1. The third-order valence-electron chi connectivity index (χ3n) is 3.62. The van der Waals surface area contributed by atoms with Crippen molar-refractivity contribution in [2.24, 2.45) is 0 Å². The number of alkyl halides is 3. The Bertz CT molecular complexity index is 957. The Balaban J connectivity index is 1.60. The lowest BCUT2D eigenvalue weighted by atomic mass is 10.2. The van der Waals surface area contributed by atoms with Crippen LogP contribution in [0.2, 0.25) is 5.02 Å². The van der Waals surface area contributed by atoms with Gasteiger partial charge in [0.05, 0.1) is 10.6 Å². The van der Waals surface area contributed by atoms with Crippen molar-refractivity contribution >= 4 is 23.2 Å². The Morgan fingerprint density at radius 2 is 1.93 bits per heavy atom. The van der Waals surface area contributed by atoms with Gasteiger partial charge >= 0.3 is 6.18 Å². The Labute approximate surface area is 157 Å². The van der Waals surface area contributed by atoms with Gasteiger partial charge < -0.3 is 9.84 Å². The number of benzene rings is 2. The predicted octanol–water partition coefficient (Wildman–Crippen LogP) is 4.98. The molecule has 1 aromatic heterocycles. The number of amides is 1. The Kier molecular flexibility index (Phi) is 5.46. The first-order valence-corrected chi connectivity index (χ1v) is 8.25. The minimum absolute atomic E-state index is 0.0274. The van der Waals surface area contributed by atoms with Gasteiger partial charge in [0.15, 0.2) is 0 Å². The standard InChI is InChI=1S/C18H13ClF3N3O2/c19-14-7-2-1-6-13(14)17-24-16(27-25-17)9-8-15(26)23-12-5-3-4-11(10-12)18(20,21)22/h1-7,10H,8-9H2,(H,23,26). The summed E-state index contributed by atoms with van der Waals surface area (Å²) in [6.45, 7) is 0. The van der Waals surface area contributed by atoms with E-state index in [9.17, 15) is 18.0 Å². The summed E-state index contributed by atoms with van der Waals surface area (Å²) in [6, 6.07) is 11.4. The molecular weight excluding hydrogens is 383 g/mol. The molecule has 0 aliphatic rings. The van der Waals surface area contributed by atoms with Gasteiger partial charge in [0.25, 0.3) is 0 Å². The van der Waals surface area contributed by atoms with E-state index in [0.717, 1.165) is 12.1 Å². The first-order valence-electron chi connectivity index (χ1n) is 7.87. The molecular formula is C18H13ClF3N3O2. The molecule has 0 fully saturated rings. The van der Waals surface area contributed by atoms with Crippen LogP contribution in [0.4, 0.5) is 18.9 Å². The topological polar surface area (TPSA) is 68.0 Å². The van der Waals surface area contributed by atoms with Gasteiger partial charge in [0.2, 0.25) is 17.6 Å². The molecule has 9 heteroatoms. The van der Waals surface area contributed by atoms with Crippen LogP contribution in [0.15, 0.2) is 53.1 Å². The summed E-state index contributed by atoms with van der Waals surface area (Å²) in [4.78, 5) is 16.2. The quantitative estimate of drug-likeness (QED) is 0.661. The monoisotopic (exact) mass is 395 g/mol. The van der Waals surface area contributed by atoms with Gasteiger partial charge in [0, 0.05) is 24.1 Å². The molecule has 0 aliphatic carbocycles. The Hall–Kier alpha value is -2.87. The molecule has 0 bridgehead atoms. The Morgan fingerprint density at radius 1 is 1.15 bits per heavy atom. The van der Waals surface area contributed by atoms with Crippen LogP contribution in [-0.2, 0) is 17.4 Å². The smallest absolute Gasteiger partial charge is 0.339 e. The molecule has 0 unspecified atom stereocenters. The van der Waals surface area contributed by atoms with E-state index in [0.29, 0.717) is 16.4 Å². The summed E-state index contributed by atoms with van der Waals surface area (Å²) in [5.41, 5.74) is -0.165. The summed E-state index contributed by atoms with van der Waals surface area (Å²) in [7, 11) is 0. The summed E-state index contributed by atoms with van der Waals surface area (Å²) in [5, 5.41) is 6.71. The van der Waals surface area contributed by atoms with E-state index in [4.69, 9.17) is 16.1 Å². The van der Waals surface area contributed by atoms with Gasteiger partial charge in [-0.2, -0.15) is 18.2 Å². The maximum Gasteiger partial charge on any atom is 0.416 e. The van der Waals surface area contributed by atoms with Crippen LogP contribution in [-0.4, -0.2) is 16.0 Å². The first kappa shape index (κ1) is 18.9. The van der Waals surface area contributed by atoms with Crippen molar-refractivity contribution in [1.82, 2.24) is 10.1 Å². The maximum absolute atomic E-state index is 12.7. The number of nitrogens with one attached hydrogen (secondary N) is 1. The molecule has 0 atom stereocenters. The largest absolute Gasteiger partial charge is 0.416 e. The highest BCUT2D eigenvalue weighted by atomic mass is 35.5. The average Bonchev–Trinajstić information content (AvgIpc) is 3.09. The SMILES string of the molecule is O=C(CCc1nc(-c2ccccc2Cl)no1)Nc1cccc(C(F)(F)F)c1. The van der Waals surface area contributed by atoms with E-state index < -0.39 is 17.6 Å². The van der Waals surface area contributed by atoms with Gasteiger partial charge in [-0.25, -0.2) is 0 Å². The number of aryl methyl sites for hydroxylation is 1. The van der Waals surface area contributed by atoms with Crippen LogP contribution in [0.25, 0.3) is 11.4 Å². The lowest BCUT2D eigenvalue weighted by Crippen LogP contribution is -2.13. The summed E-state index contributed by atoms with van der Waals surface area (Å²) >= 11 is 6.06. The lowest BCUT2D eigenvalue weighted by molar-refractivity contribution is -0.137. The van der Waals surface area contributed by atoms with Crippen molar-refractivity contribution < 1.29 is 22.5 Å². The van der Waals surface area contributed by atoms with Gasteiger partial charge in [-0.05, 0) is 30.3 Å². The molecule has 2 aromatic carbocycles. The number of aromatic nitrogens is 2. The molecule has 27 heavy (non-hydrogen) atoms. The van der Waals surface area contributed by atoms with E-state index in [1.165, 1.54) is 12.1 Å². The predicted molar refractivity (Wildman–Crippen MR) is 93.1 cm³/mol. The van der Waals surface area contributed by atoms with Crippen molar-refractivity contribution in [1.29, 1.82) is 0 Å². The van der Waals surface area contributed by atoms with Crippen molar-refractivity contribution in [3.63, 3.8) is 0 Å². The highest BCUT2D eigenvalue weighted by Gasteiger charge is 2.30. The summed E-state index contributed by atoms with van der Waals surface area (Å²) < 4.78 is 43.2. The number of hydrogen-bond donors (Lipinski definition) is 1. The fourth-order valence-corrected chi connectivity index (χ4v) is 2.55. The summed E-state index contributed by atoms with van der Waals surface area (Å²) in [5.74, 6) is 0.0600. The third-order valence-corrected chi connectivity index (χ3v) is 3.95. The van der Waals surface area contributed by atoms with E-state index in [1.54, 1.807) is 24.3 Å². The van der Waals surface area contributed by atoms with Crippen LogP contribution in [0.5, 0.6) is 0 Å². The van der Waals surface area contributed by atoms with Crippen LogP contribution in [0.3, 0.4) is 0 Å². The maximum atomic E-state index is 12.7. The second kappa shape index (κ2) is 7.79. The molecule has 0 radical (unpaired) electrons. The second-order valence-corrected chi connectivity index (χ2v) is 6.03. The fraction of sp³-hybridized carbons (Fsp3) is 0.167. The van der Waals surface area contributed by atoms with Gasteiger partial charge in [-0.1, -0.05) is 35.0 Å². The van der Waals surface area contributed by atoms with Crippen molar-refractivity contribution in [2.75, 3.05) is 5.32 Å². The molecule has 0 saturated carbocycles. The molecule has 3 rings (SSSR count). The lowest BCUT2D eigenvalue weighted by Gasteiger charge is -2.09. The molecule has 1 heterocycles. The fourth-order valence-electron chi connectivity index (χ4n) is 2.33. The first-order chi connectivity index (χ1) is 12.8. The average molecular weight is 396 g/mol. The second-order valence-electron chi connectivity index (χ2n) is 5.62. The van der Waals surface area contributed by atoms with E-state index in [1.807, 2.05) is 0 Å². The zero-order valence-corrected chi connectivity index (χ0v) is 14.5. The van der Waals surface area contributed by atoms with Crippen molar-refractivity contribution in [3.05, 3.63) is 65.0 Å². The van der Waals surface area contributed by atoms with E-state index in [-0.39, 0.29) is 24.4 Å². The minimum atomic E-state index is -4.47. The number of hydrogen-bond acceptors (Lipinski definition) is 4. The molecule has 140 valence electrons. The number of rotatable bonds is 5. The molecule has 5 nitrogen and oxygen atoms in total. The number of carbonyl (C=O) groups excluding carboxylic acids is 1. The number of halogens is 4. The van der Waals surface area contributed by atoms with Crippen molar-refractivity contribution in [2.45, 2.75) is 19.0 Å². The molecule has 0 saturated heterocycles. The minimum Gasteiger partial charge on any atom is -0.339 e. The van der Waals surface area contributed by atoms with E-state index >= 15 is 0 Å². The highest BCUT2D eigenvalue weighted by molar-refractivity contribution is 6.33. The number of nitrogens with zero attached hydrogens (tertiary/aromatic N) is 2. The Morgan fingerprint density at radius 3 is 2.67 bits per heavy atom. The normalized spacial score (nSPS) is 11.4. The number of carbonyl (C=O) groups is 1. The van der Waals surface area contributed by atoms with E-state index in [2.05, 4.69) is 15.5 Å². The van der Waals surface area contributed by atoms with Crippen LogP contribution in [0.1, 0.15) is 17.9 Å². The molecule has 0 aliphatic heterocycles. The van der Waals surface area contributed by atoms with Crippen LogP contribution >= 0.6 is 11.6 Å². The molecule has 0 spiro atoms. The molecule has 1 N–H and O–H groups in total. The van der Waals surface area contributed by atoms with Crippen LogP contribution in [0, 0.1) is 0 Å². The van der Waals surface area contributed by atoms with Crippen LogP contribution < -0.4 is 5.32 Å². The van der Waals surface area contributed by atoms with Gasteiger partial charge in [-0.15, -0.1) is 0 Å². The molecule has 1 amide bonds. The van der Waals surface area contributed by atoms with Crippen molar-refractivity contribution in [3.8, 4) is 11.4 Å². The van der Waals surface area contributed by atoms with Gasteiger partial charge in [0.1, 0.15) is 0 Å². The van der Waals surface area contributed by atoms with Gasteiger partial charge in [-0.3, -0.25) is 4.79 Å². The zero-order chi connectivity index (χ0) is 19.4. The highest BCUT2D eigenvalue weighted by Crippen LogP contribution is 2.30. The molecule has 3 aromatic rings.